The average Bonchev–Trinajstić information content (AvgIpc) is 2.59. The Balaban J connectivity index is 2.45. The van der Waals surface area contributed by atoms with Gasteiger partial charge < -0.3 is 10.6 Å². The molecule has 0 radical (unpaired) electrons. The number of anilines is 1. The van der Waals surface area contributed by atoms with Gasteiger partial charge in [-0.1, -0.05) is 39.8 Å². The second-order valence-electron chi connectivity index (χ2n) is 6.52. The van der Waals surface area contributed by atoms with Crippen LogP contribution in [0.2, 0.25) is 0 Å². The molecule has 0 bridgehead atoms. The van der Waals surface area contributed by atoms with Gasteiger partial charge in [0.2, 0.25) is 5.91 Å². The summed E-state index contributed by atoms with van der Waals surface area (Å²) in [6, 6.07) is 6.19. The van der Waals surface area contributed by atoms with E-state index in [1.54, 1.807) is 4.90 Å². The monoisotopic (exact) mass is 260 g/mol. The number of hydrogen-bond donors (Lipinski definition) is 1. The van der Waals surface area contributed by atoms with Crippen LogP contribution in [-0.4, -0.2) is 13.0 Å². The molecule has 0 spiro atoms. The highest BCUT2D eigenvalue weighted by Crippen LogP contribution is 2.41. The van der Waals surface area contributed by atoms with Crippen LogP contribution in [0.15, 0.2) is 18.2 Å². The van der Waals surface area contributed by atoms with E-state index in [1.807, 2.05) is 13.1 Å². The summed E-state index contributed by atoms with van der Waals surface area (Å²) >= 11 is 0. The third-order valence-electron chi connectivity index (χ3n) is 4.12. The fraction of sp³-hybridized carbons (Fsp3) is 0.562. The standard InChI is InChI=1S/C16H24N2O/c1-6-11-12-9-10(14(17)16(2,3)4)7-8-13(12)18(5)15(11)19/h7-9,11,14H,6,17H2,1-5H3. The van der Waals surface area contributed by atoms with Crippen molar-refractivity contribution in [2.75, 3.05) is 11.9 Å². The molecule has 3 nitrogen and oxygen atoms in total. The molecule has 0 aliphatic carbocycles. The van der Waals surface area contributed by atoms with Crippen LogP contribution < -0.4 is 10.6 Å². The van der Waals surface area contributed by atoms with Crippen molar-refractivity contribution in [2.45, 2.75) is 46.1 Å². The van der Waals surface area contributed by atoms with Crippen LogP contribution in [0.1, 0.15) is 57.2 Å². The SMILES string of the molecule is CCC1C(=O)N(C)c2ccc(C(N)C(C)(C)C)cc21. The van der Waals surface area contributed by atoms with Gasteiger partial charge in [-0.05, 0) is 29.0 Å². The molecule has 3 heteroatoms. The number of benzene rings is 1. The van der Waals surface area contributed by atoms with E-state index in [9.17, 15) is 4.79 Å². The second-order valence-corrected chi connectivity index (χ2v) is 6.52. The van der Waals surface area contributed by atoms with Crippen molar-refractivity contribution in [3.63, 3.8) is 0 Å². The van der Waals surface area contributed by atoms with E-state index in [4.69, 9.17) is 5.73 Å². The maximum atomic E-state index is 12.2. The molecule has 1 heterocycles. The molecule has 2 rings (SSSR count). The number of likely N-dealkylation sites (N-methyl/N-ethyl adjacent to an activating group) is 1. The molecule has 0 aromatic heterocycles. The predicted octanol–water partition coefficient (Wildman–Crippen LogP) is 3.20. The van der Waals surface area contributed by atoms with E-state index in [2.05, 4.69) is 39.8 Å². The summed E-state index contributed by atoms with van der Waals surface area (Å²) in [4.78, 5) is 13.9. The van der Waals surface area contributed by atoms with Gasteiger partial charge in [0.15, 0.2) is 0 Å². The fourth-order valence-corrected chi connectivity index (χ4v) is 2.73. The lowest BCUT2D eigenvalue weighted by atomic mass is 9.82. The van der Waals surface area contributed by atoms with Gasteiger partial charge in [0.25, 0.3) is 0 Å². The topological polar surface area (TPSA) is 46.3 Å². The first-order valence-corrected chi connectivity index (χ1v) is 6.94. The van der Waals surface area contributed by atoms with Crippen LogP contribution in [0.3, 0.4) is 0 Å². The molecule has 0 saturated carbocycles. The first-order valence-electron chi connectivity index (χ1n) is 6.94. The van der Waals surface area contributed by atoms with E-state index in [-0.39, 0.29) is 23.3 Å². The van der Waals surface area contributed by atoms with Gasteiger partial charge in [0, 0.05) is 18.8 Å². The van der Waals surface area contributed by atoms with Crippen molar-refractivity contribution in [3.05, 3.63) is 29.3 Å². The minimum absolute atomic E-state index is 0.00730. The third kappa shape index (κ3) is 2.27. The molecule has 104 valence electrons. The minimum atomic E-state index is -0.0173. The number of nitrogens with two attached hydrogens (primary N) is 1. The van der Waals surface area contributed by atoms with E-state index in [0.717, 1.165) is 23.2 Å². The first-order chi connectivity index (χ1) is 8.77. The predicted molar refractivity (Wildman–Crippen MR) is 79.3 cm³/mol. The quantitative estimate of drug-likeness (QED) is 0.887. The largest absolute Gasteiger partial charge is 0.324 e. The number of rotatable bonds is 2. The van der Waals surface area contributed by atoms with E-state index >= 15 is 0 Å². The number of nitrogens with zero attached hydrogens (tertiary/aromatic N) is 1. The van der Waals surface area contributed by atoms with Gasteiger partial charge >= 0.3 is 0 Å². The highest BCUT2D eigenvalue weighted by Gasteiger charge is 2.34. The zero-order valence-electron chi connectivity index (χ0n) is 12.5. The molecule has 2 atom stereocenters. The van der Waals surface area contributed by atoms with Gasteiger partial charge in [-0.2, -0.15) is 0 Å². The lowest BCUT2D eigenvalue weighted by molar-refractivity contribution is -0.119. The lowest BCUT2D eigenvalue weighted by Crippen LogP contribution is -2.26. The summed E-state index contributed by atoms with van der Waals surface area (Å²) in [6.07, 6.45) is 0.838. The normalized spacial score (nSPS) is 20.6. The number of hydrogen-bond acceptors (Lipinski definition) is 2. The van der Waals surface area contributed by atoms with Crippen molar-refractivity contribution in [3.8, 4) is 0 Å². The van der Waals surface area contributed by atoms with Crippen LogP contribution in [-0.2, 0) is 4.79 Å². The minimum Gasteiger partial charge on any atom is -0.324 e. The Labute approximate surface area is 115 Å². The van der Waals surface area contributed by atoms with Crippen LogP contribution in [0.25, 0.3) is 0 Å². The second kappa shape index (κ2) is 4.64. The van der Waals surface area contributed by atoms with Crippen LogP contribution in [0, 0.1) is 5.41 Å². The van der Waals surface area contributed by atoms with E-state index < -0.39 is 0 Å². The lowest BCUT2D eigenvalue weighted by Gasteiger charge is -2.28. The highest BCUT2D eigenvalue weighted by atomic mass is 16.2. The van der Waals surface area contributed by atoms with Crippen LogP contribution >= 0.6 is 0 Å². The smallest absolute Gasteiger partial charge is 0.234 e. The molecular weight excluding hydrogens is 236 g/mol. The van der Waals surface area contributed by atoms with Crippen LogP contribution in [0.4, 0.5) is 5.69 Å². The molecule has 2 unspecified atom stereocenters. The van der Waals surface area contributed by atoms with E-state index in [0.29, 0.717) is 0 Å². The van der Waals surface area contributed by atoms with Crippen molar-refractivity contribution in [2.24, 2.45) is 11.1 Å². The highest BCUT2D eigenvalue weighted by molar-refractivity contribution is 6.04. The van der Waals surface area contributed by atoms with Crippen molar-refractivity contribution < 1.29 is 4.79 Å². The molecule has 1 aliphatic heterocycles. The van der Waals surface area contributed by atoms with Crippen LogP contribution in [0.5, 0.6) is 0 Å². The Bertz CT molecular complexity index is 502. The number of fused-ring (bicyclic) bond motifs is 1. The Morgan fingerprint density at radius 2 is 2.00 bits per heavy atom. The summed E-state index contributed by atoms with van der Waals surface area (Å²) < 4.78 is 0. The van der Waals surface area contributed by atoms with Gasteiger partial charge in [0.05, 0.1) is 5.92 Å². The van der Waals surface area contributed by atoms with Crippen molar-refractivity contribution >= 4 is 11.6 Å². The molecule has 0 saturated heterocycles. The Morgan fingerprint density at radius 3 is 2.53 bits per heavy atom. The Kier molecular flexibility index (Phi) is 3.43. The number of carbonyl (C=O) groups is 1. The summed E-state index contributed by atoms with van der Waals surface area (Å²) in [5.41, 5.74) is 9.62. The molecule has 1 aliphatic rings. The maximum Gasteiger partial charge on any atom is 0.234 e. The van der Waals surface area contributed by atoms with E-state index in [1.165, 1.54) is 0 Å². The fourth-order valence-electron chi connectivity index (χ4n) is 2.73. The summed E-state index contributed by atoms with van der Waals surface area (Å²) in [5, 5.41) is 0. The summed E-state index contributed by atoms with van der Waals surface area (Å²) in [5.74, 6) is 0.186. The third-order valence-corrected chi connectivity index (χ3v) is 4.12. The molecule has 1 amide bonds. The zero-order valence-corrected chi connectivity index (χ0v) is 12.5. The molecule has 1 aromatic carbocycles. The molecule has 1 aromatic rings. The molecule has 19 heavy (non-hydrogen) atoms. The van der Waals surface area contributed by atoms with Gasteiger partial charge in [-0.3, -0.25) is 4.79 Å². The number of amides is 1. The summed E-state index contributed by atoms with van der Waals surface area (Å²) in [7, 11) is 1.85. The molecule has 2 N–H and O–H groups in total. The van der Waals surface area contributed by atoms with Gasteiger partial charge in [-0.25, -0.2) is 0 Å². The Hall–Kier alpha value is -1.35. The molecular formula is C16H24N2O. The number of carbonyl (C=O) groups excluding carboxylic acids is 1. The Morgan fingerprint density at radius 1 is 1.37 bits per heavy atom. The van der Waals surface area contributed by atoms with Crippen molar-refractivity contribution in [1.82, 2.24) is 0 Å². The molecule has 0 fully saturated rings. The average molecular weight is 260 g/mol. The van der Waals surface area contributed by atoms with Crippen molar-refractivity contribution in [1.29, 1.82) is 0 Å². The maximum absolute atomic E-state index is 12.2. The zero-order chi connectivity index (χ0) is 14.4. The summed E-state index contributed by atoms with van der Waals surface area (Å²) in [6.45, 7) is 8.47. The van der Waals surface area contributed by atoms with Gasteiger partial charge in [-0.15, -0.1) is 0 Å². The first kappa shape index (κ1) is 14.1. The van der Waals surface area contributed by atoms with Gasteiger partial charge in [0.1, 0.15) is 0 Å².